The summed E-state index contributed by atoms with van der Waals surface area (Å²) in [5.41, 5.74) is 7.34. The molecule has 3 aromatic rings. The molecule has 0 bridgehead atoms. The maximum Gasteiger partial charge on any atom is 0.0130 e. The van der Waals surface area contributed by atoms with E-state index in [2.05, 4.69) is 44.3 Å². The molecule has 40 heavy (non-hydrogen) atoms. The summed E-state index contributed by atoms with van der Waals surface area (Å²) in [6, 6.07) is 19.6. The number of benzene rings is 3. The van der Waals surface area contributed by atoms with Gasteiger partial charge in [0.2, 0.25) is 0 Å². The number of halogens is 2. The van der Waals surface area contributed by atoms with E-state index in [9.17, 15) is 4.57 Å². The van der Waals surface area contributed by atoms with Gasteiger partial charge in [-0.3, -0.25) is 0 Å². The predicted octanol–water partition coefficient (Wildman–Crippen LogP) is 9.06. The fraction of sp³-hybridized carbons (Fsp3) is 0.375. The van der Waals surface area contributed by atoms with Crippen LogP contribution in [-0.2, 0) is 28.8 Å². The van der Waals surface area contributed by atoms with Crippen LogP contribution in [0, 0.1) is 27.3 Å². The van der Waals surface area contributed by atoms with Crippen LogP contribution in [0.3, 0.4) is 0 Å². The Balaban J connectivity index is 0.000000263. The normalized spacial score (nSPS) is 14.8. The molecule has 0 amide bonds. The van der Waals surface area contributed by atoms with Gasteiger partial charge in [0.25, 0.3) is 0 Å². The Hall–Kier alpha value is -1.48. The third-order valence-electron chi connectivity index (χ3n) is 6.38. The Morgan fingerprint density at radius 1 is 1.05 bits per heavy atom. The van der Waals surface area contributed by atoms with Crippen molar-refractivity contribution in [3.05, 3.63) is 95.0 Å². The SMILES string of the molecule is CCOP(=O)(Cc1ccc(OC(C)C)c([CH]=[Ru]([Cl])[Cl])c1)c1ccccc1.Cc1cc(C)c(N2[CH-]CCC2)c(C)c1. The van der Waals surface area contributed by atoms with Crippen molar-refractivity contribution >= 4 is 42.4 Å². The van der Waals surface area contributed by atoms with Gasteiger partial charge in [-0.25, -0.2) is 6.54 Å². The largest absolute Gasteiger partial charge is 0.522 e. The molecule has 0 radical (unpaired) electrons. The zero-order valence-corrected chi connectivity index (χ0v) is 28.4. The van der Waals surface area contributed by atoms with E-state index < -0.39 is 20.9 Å². The van der Waals surface area contributed by atoms with E-state index in [4.69, 9.17) is 28.6 Å². The molecule has 0 spiro atoms. The zero-order valence-electron chi connectivity index (χ0n) is 24.3. The fourth-order valence-corrected chi connectivity index (χ4v) is 8.89. The van der Waals surface area contributed by atoms with E-state index in [1.165, 1.54) is 41.8 Å². The summed E-state index contributed by atoms with van der Waals surface area (Å²) in [5.74, 6) is 0.731. The molecular weight excluding hydrogens is 649 g/mol. The van der Waals surface area contributed by atoms with Crippen molar-refractivity contribution in [3.8, 4) is 5.75 Å². The van der Waals surface area contributed by atoms with Crippen molar-refractivity contribution in [1.29, 1.82) is 0 Å². The van der Waals surface area contributed by atoms with Crippen LogP contribution in [-0.4, -0.2) is 23.9 Å². The second-order valence-electron chi connectivity index (χ2n) is 10.2. The number of anilines is 1. The van der Waals surface area contributed by atoms with Gasteiger partial charge in [-0.2, -0.15) is 6.42 Å². The van der Waals surface area contributed by atoms with Gasteiger partial charge in [-0.05, 0) is 38.4 Å². The van der Waals surface area contributed by atoms with Crippen LogP contribution in [0.5, 0.6) is 5.75 Å². The molecule has 220 valence electrons. The molecule has 1 aliphatic rings. The van der Waals surface area contributed by atoms with E-state index in [-0.39, 0.29) is 6.10 Å². The molecule has 1 heterocycles. The van der Waals surface area contributed by atoms with Gasteiger partial charge in [-0.15, -0.1) is 0 Å². The summed E-state index contributed by atoms with van der Waals surface area (Å²) in [6.07, 6.45) is 2.88. The summed E-state index contributed by atoms with van der Waals surface area (Å²) in [4.78, 5) is 2.41. The van der Waals surface area contributed by atoms with E-state index in [1.54, 1.807) is 0 Å². The van der Waals surface area contributed by atoms with Gasteiger partial charge in [0.05, 0.1) is 0 Å². The number of hydrogen-bond donors (Lipinski definition) is 0. The second kappa shape index (κ2) is 15.7. The van der Waals surface area contributed by atoms with Crippen LogP contribution in [0.25, 0.3) is 0 Å². The number of rotatable bonds is 9. The van der Waals surface area contributed by atoms with E-state index in [1.807, 2.05) is 73.9 Å². The summed E-state index contributed by atoms with van der Waals surface area (Å²) >= 11 is -2.02. The minimum atomic E-state index is -3.00. The first-order valence-electron chi connectivity index (χ1n) is 13.6. The van der Waals surface area contributed by atoms with E-state index in [0.29, 0.717) is 12.8 Å². The van der Waals surface area contributed by atoms with Crippen molar-refractivity contribution in [3.63, 3.8) is 0 Å². The molecule has 8 heteroatoms. The van der Waals surface area contributed by atoms with E-state index >= 15 is 0 Å². The molecule has 0 aliphatic carbocycles. The van der Waals surface area contributed by atoms with Crippen molar-refractivity contribution in [2.75, 3.05) is 18.1 Å². The van der Waals surface area contributed by atoms with Crippen LogP contribution < -0.4 is 14.9 Å². The summed E-state index contributed by atoms with van der Waals surface area (Å²) in [7, 11) is 9.14. The van der Waals surface area contributed by atoms with Gasteiger partial charge >= 0.3 is 169 Å². The third kappa shape index (κ3) is 9.54. The topological polar surface area (TPSA) is 38.8 Å². The minimum Gasteiger partial charge on any atom is -0.522 e. The monoisotopic (exact) mass is 690 g/mol. The zero-order chi connectivity index (χ0) is 29.3. The van der Waals surface area contributed by atoms with Crippen LogP contribution in [0.2, 0.25) is 0 Å². The number of nitrogens with zero attached hydrogens (tertiary/aromatic N) is 1. The number of aryl methyl sites for hydroxylation is 3. The van der Waals surface area contributed by atoms with Crippen LogP contribution >= 0.6 is 26.8 Å². The standard InChI is InChI=1S/C19H23O3P.C13H18N.2ClH.Ru/c1-5-21-23(20,18-9-7-6-8-10-18)14-17-11-12-19(16(4)13-17)22-15(2)3;1-10-8-11(2)13(12(3)9-10)14-6-4-5-7-14;;;/h4,6-13,15H,5,14H2,1-3H3;6,8-9H,4-5,7H2,1-3H3;2*1H;/q;-1;;;+2/p-2. The first-order valence-corrected chi connectivity index (χ1v) is 20.9. The van der Waals surface area contributed by atoms with Crippen LogP contribution in [0.4, 0.5) is 5.69 Å². The number of ether oxygens (including phenoxy) is 1. The smallest absolute Gasteiger partial charge is 0.0130 e. The Labute approximate surface area is 254 Å². The molecule has 4 nitrogen and oxygen atoms in total. The van der Waals surface area contributed by atoms with Crippen molar-refractivity contribution in [2.45, 2.75) is 66.6 Å². The Morgan fingerprint density at radius 3 is 2.27 bits per heavy atom. The van der Waals surface area contributed by atoms with Gasteiger partial charge in [-0.1, -0.05) is 24.1 Å². The maximum atomic E-state index is 13.5. The number of hydrogen-bond acceptors (Lipinski definition) is 4. The van der Waals surface area contributed by atoms with E-state index in [0.717, 1.165) is 22.2 Å². The quantitative estimate of drug-likeness (QED) is 0.128. The fourth-order valence-electron chi connectivity index (χ4n) is 4.96. The molecule has 1 fully saturated rings. The molecule has 0 saturated carbocycles. The van der Waals surface area contributed by atoms with Gasteiger partial charge in [0.15, 0.2) is 0 Å². The summed E-state index contributed by atoms with van der Waals surface area (Å²) in [6.45, 7) is 16.3. The molecule has 1 unspecified atom stereocenters. The third-order valence-corrected chi connectivity index (χ3v) is 10.8. The maximum absolute atomic E-state index is 13.5. The average Bonchev–Trinajstić information content (AvgIpc) is 3.40. The molecule has 1 atom stereocenters. The molecular formula is C32H41Cl2NO3PRu-. The van der Waals surface area contributed by atoms with Crippen molar-refractivity contribution in [1.82, 2.24) is 0 Å². The first kappa shape index (κ1) is 33.0. The summed E-state index contributed by atoms with van der Waals surface area (Å²) in [5, 5.41) is 0.720. The second-order valence-corrected chi connectivity index (χ2v) is 18.4. The Kier molecular flexibility index (Phi) is 12.9. The Bertz CT molecular complexity index is 1310. The van der Waals surface area contributed by atoms with Gasteiger partial charge < -0.3 is 4.90 Å². The predicted molar refractivity (Wildman–Crippen MR) is 170 cm³/mol. The molecule has 1 saturated heterocycles. The molecule has 3 aromatic carbocycles. The van der Waals surface area contributed by atoms with Crippen LogP contribution in [0.1, 0.15) is 61.4 Å². The van der Waals surface area contributed by atoms with Crippen molar-refractivity contribution < 1.29 is 27.3 Å². The Morgan fingerprint density at radius 2 is 1.73 bits per heavy atom. The first-order chi connectivity index (χ1) is 19.0. The molecule has 0 N–H and O–H groups in total. The van der Waals surface area contributed by atoms with Gasteiger partial charge in [0, 0.05) is 5.69 Å². The van der Waals surface area contributed by atoms with Gasteiger partial charge in [0.1, 0.15) is 0 Å². The van der Waals surface area contributed by atoms with Crippen molar-refractivity contribution in [2.24, 2.45) is 0 Å². The van der Waals surface area contributed by atoms with Crippen LogP contribution in [0.15, 0.2) is 60.7 Å². The molecule has 0 aromatic heterocycles. The summed E-state index contributed by atoms with van der Waals surface area (Å²) < 4.78 is 26.9. The minimum absolute atomic E-state index is 0.0399. The average molecular weight is 691 g/mol. The molecule has 1 aliphatic heterocycles. The molecule has 4 rings (SSSR count).